The van der Waals surface area contributed by atoms with Crippen molar-refractivity contribution in [3.63, 3.8) is 0 Å². The van der Waals surface area contributed by atoms with Gasteiger partial charge >= 0.3 is 0 Å². The molecule has 9 heteroatoms. The van der Waals surface area contributed by atoms with Gasteiger partial charge < -0.3 is 10.3 Å². The molecule has 4 heterocycles. The lowest BCUT2D eigenvalue weighted by molar-refractivity contribution is 0.628. The zero-order valence-electron chi connectivity index (χ0n) is 19.3. The third-order valence-corrected chi connectivity index (χ3v) is 6.06. The molecule has 36 heavy (non-hydrogen) atoms. The van der Waals surface area contributed by atoms with Crippen molar-refractivity contribution >= 4 is 21.9 Å². The van der Waals surface area contributed by atoms with Crippen molar-refractivity contribution in [3.05, 3.63) is 84.3 Å². The number of hydrogen-bond acceptors (Lipinski definition) is 5. The maximum absolute atomic E-state index is 15.1. The molecule has 3 N–H and O–H groups in total. The van der Waals surface area contributed by atoms with E-state index in [4.69, 9.17) is 4.98 Å². The average Bonchev–Trinajstić information content (AvgIpc) is 3.50. The lowest BCUT2D eigenvalue weighted by Crippen LogP contribution is -2.11. The Morgan fingerprint density at radius 3 is 2.72 bits per heavy atom. The molecule has 0 fully saturated rings. The first-order valence-electron chi connectivity index (χ1n) is 11.5. The van der Waals surface area contributed by atoms with Gasteiger partial charge in [0, 0.05) is 53.3 Å². The summed E-state index contributed by atoms with van der Waals surface area (Å²) in [7, 11) is 0. The van der Waals surface area contributed by atoms with Crippen LogP contribution in [-0.4, -0.2) is 36.7 Å². The highest BCUT2D eigenvalue weighted by Gasteiger charge is 2.18. The van der Waals surface area contributed by atoms with Gasteiger partial charge in [-0.15, -0.1) is 0 Å². The van der Waals surface area contributed by atoms with E-state index in [1.807, 2.05) is 13.0 Å². The van der Waals surface area contributed by atoms with Crippen molar-refractivity contribution in [2.45, 2.75) is 13.5 Å². The lowest BCUT2D eigenvalue weighted by atomic mass is 10.0. The predicted molar refractivity (Wildman–Crippen MR) is 135 cm³/mol. The molecule has 7 nitrogen and oxygen atoms in total. The van der Waals surface area contributed by atoms with E-state index in [-0.39, 0.29) is 11.6 Å². The number of fused-ring (bicyclic) bond motifs is 2. The van der Waals surface area contributed by atoms with Crippen molar-refractivity contribution in [1.29, 1.82) is 0 Å². The predicted octanol–water partition coefficient (Wildman–Crippen LogP) is 5.62. The summed E-state index contributed by atoms with van der Waals surface area (Å²) >= 11 is 0. The minimum Gasteiger partial charge on any atom is -0.336 e. The first kappa shape index (κ1) is 22.0. The summed E-state index contributed by atoms with van der Waals surface area (Å²) < 4.78 is 28.9. The van der Waals surface area contributed by atoms with E-state index in [1.54, 1.807) is 42.9 Å². The summed E-state index contributed by atoms with van der Waals surface area (Å²) in [5.41, 5.74) is 5.68. The van der Waals surface area contributed by atoms with Crippen molar-refractivity contribution < 1.29 is 8.78 Å². The highest BCUT2D eigenvalue weighted by Crippen LogP contribution is 2.34. The van der Waals surface area contributed by atoms with E-state index in [1.165, 1.54) is 18.2 Å². The van der Waals surface area contributed by atoms with E-state index in [2.05, 4.69) is 30.5 Å². The number of aromatic amines is 2. The monoisotopic (exact) mass is 481 g/mol. The number of benzene rings is 2. The first-order valence-corrected chi connectivity index (χ1v) is 11.5. The van der Waals surface area contributed by atoms with E-state index >= 15 is 4.39 Å². The van der Waals surface area contributed by atoms with Gasteiger partial charge in [0.25, 0.3) is 0 Å². The molecule has 0 radical (unpaired) electrons. The van der Waals surface area contributed by atoms with Crippen LogP contribution in [0.1, 0.15) is 12.5 Å². The molecule has 6 aromatic rings. The minimum absolute atomic E-state index is 0.348. The van der Waals surface area contributed by atoms with E-state index < -0.39 is 0 Å². The third-order valence-electron chi connectivity index (χ3n) is 6.06. The van der Waals surface area contributed by atoms with Crippen LogP contribution in [0.2, 0.25) is 0 Å². The Labute approximate surface area is 204 Å². The molecule has 0 unspecified atom stereocenters. The van der Waals surface area contributed by atoms with Gasteiger partial charge in [0.1, 0.15) is 22.8 Å². The van der Waals surface area contributed by atoms with Crippen LogP contribution in [0, 0.1) is 11.6 Å². The molecule has 178 valence electrons. The molecule has 4 aromatic heterocycles. The Morgan fingerprint density at radius 1 is 0.944 bits per heavy atom. The smallest absolute Gasteiger partial charge is 0.159 e. The van der Waals surface area contributed by atoms with Gasteiger partial charge in [-0.3, -0.25) is 15.1 Å². The van der Waals surface area contributed by atoms with Gasteiger partial charge in [-0.1, -0.05) is 19.1 Å². The zero-order chi connectivity index (χ0) is 24.6. The van der Waals surface area contributed by atoms with Gasteiger partial charge in [0.2, 0.25) is 0 Å². The fraction of sp³-hybridized carbons (Fsp3) is 0.111. The van der Waals surface area contributed by atoms with Crippen molar-refractivity contribution in [1.82, 2.24) is 35.5 Å². The van der Waals surface area contributed by atoms with Gasteiger partial charge in [0.05, 0.1) is 16.7 Å². The van der Waals surface area contributed by atoms with Crippen molar-refractivity contribution in [2.24, 2.45) is 0 Å². The number of rotatable bonds is 6. The van der Waals surface area contributed by atoms with E-state index in [0.29, 0.717) is 56.9 Å². The summed E-state index contributed by atoms with van der Waals surface area (Å²) in [5, 5.41) is 11.3. The largest absolute Gasteiger partial charge is 0.336 e. The number of H-pyrrole nitrogens is 2. The number of halogens is 2. The van der Waals surface area contributed by atoms with Crippen LogP contribution in [0.5, 0.6) is 0 Å². The standard InChI is InChI=1S/C27H21F2N7/c1-2-30-12-15-8-17(14-31-13-15)19-10-20-23(11-21(19)29)35-36-25(20)27-33-22-6-7-32-24(26(22)34-27)16-4-3-5-18(28)9-16/h3-11,13-14,30H,2,12H2,1H3,(H,33,34)(H,35,36). The van der Waals surface area contributed by atoms with Crippen LogP contribution in [0.25, 0.3) is 55.8 Å². The molecule has 0 saturated carbocycles. The molecular weight excluding hydrogens is 460 g/mol. The van der Waals surface area contributed by atoms with E-state index in [0.717, 1.165) is 17.6 Å². The molecule has 0 aliphatic heterocycles. The third kappa shape index (κ3) is 3.89. The number of hydrogen-bond donors (Lipinski definition) is 3. The maximum atomic E-state index is 15.1. The Hall–Kier alpha value is -4.50. The molecule has 0 atom stereocenters. The second kappa shape index (κ2) is 8.94. The lowest BCUT2D eigenvalue weighted by Gasteiger charge is -2.07. The van der Waals surface area contributed by atoms with Gasteiger partial charge in [-0.25, -0.2) is 13.8 Å². The van der Waals surface area contributed by atoms with Crippen LogP contribution < -0.4 is 5.32 Å². The Kier molecular flexibility index (Phi) is 5.46. The number of aromatic nitrogens is 6. The van der Waals surface area contributed by atoms with Gasteiger partial charge in [-0.2, -0.15) is 5.10 Å². The molecule has 0 saturated heterocycles. The summed E-state index contributed by atoms with van der Waals surface area (Å²) in [6.07, 6.45) is 5.07. The molecule has 0 amide bonds. The average molecular weight is 482 g/mol. The van der Waals surface area contributed by atoms with Crippen molar-refractivity contribution in [2.75, 3.05) is 6.54 Å². The van der Waals surface area contributed by atoms with Crippen LogP contribution in [0.15, 0.2) is 67.1 Å². The SMILES string of the molecule is CCNCc1cncc(-c2cc3c(-c4nc5c(-c6cccc(F)c6)nccc5[nH]4)n[nH]c3cc2F)c1. The fourth-order valence-electron chi connectivity index (χ4n) is 4.34. The quantitative estimate of drug-likeness (QED) is 0.287. The second-order valence-corrected chi connectivity index (χ2v) is 8.46. The Bertz CT molecular complexity index is 1720. The molecule has 0 bridgehead atoms. The number of nitrogens with one attached hydrogen (secondary N) is 3. The zero-order valence-corrected chi connectivity index (χ0v) is 19.3. The van der Waals surface area contributed by atoms with Crippen LogP contribution >= 0.6 is 0 Å². The summed E-state index contributed by atoms with van der Waals surface area (Å²) in [4.78, 5) is 16.8. The maximum Gasteiger partial charge on any atom is 0.159 e. The summed E-state index contributed by atoms with van der Waals surface area (Å²) in [5.74, 6) is -0.222. The summed E-state index contributed by atoms with van der Waals surface area (Å²) in [6.45, 7) is 3.51. The molecular formula is C27H21F2N7. The van der Waals surface area contributed by atoms with Gasteiger partial charge in [0.15, 0.2) is 5.82 Å². The molecule has 0 spiro atoms. The molecule has 0 aliphatic rings. The molecule has 0 aliphatic carbocycles. The summed E-state index contributed by atoms with van der Waals surface area (Å²) in [6, 6.07) is 13.2. The highest BCUT2D eigenvalue weighted by molar-refractivity contribution is 5.97. The minimum atomic E-state index is -0.373. The normalized spacial score (nSPS) is 11.5. The fourth-order valence-corrected chi connectivity index (χ4v) is 4.34. The van der Waals surface area contributed by atoms with Crippen LogP contribution in [0.3, 0.4) is 0 Å². The Morgan fingerprint density at radius 2 is 1.86 bits per heavy atom. The van der Waals surface area contributed by atoms with Crippen molar-refractivity contribution in [3.8, 4) is 33.9 Å². The Balaban J connectivity index is 1.46. The topological polar surface area (TPSA) is 95.2 Å². The van der Waals surface area contributed by atoms with Crippen LogP contribution in [-0.2, 0) is 6.54 Å². The number of imidazole rings is 1. The van der Waals surface area contributed by atoms with Crippen LogP contribution in [0.4, 0.5) is 8.78 Å². The van der Waals surface area contributed by atoms with E-state index in [9.17, 15) is 4.39 Å². The highest BCUT2D eigenvalue weighted by atomic mass is 19.1. The second-order valence-electron chi connectivity index (χ2n) is 8.46. The number of pyridine rings is 2. The first-order chi connectivity index (χ1) is 17.6. The molecule has 2 aromatic carbocycles. The number of nitrogens with zero attached hydrogens (tertiary/aromatic N) is 4. The van der Waals surface area contributed by atoms with Gasteiger partial charge in [-0.05, 0) is 42.4 Å². The molecule has 6 rings (SSSR count).